The second-order valence-electron chi connectivity index (χ2n) is 8.99. The molecule has 0 bridgehead atoms. The molecule has 5 rings (SSSR count). The van der Waals surface area contributed by atoms with Crippen LogP contribution in [0.5, 0.6) is 11.5 Å². The van der Waals surface area contributed by atoms with Crippen LogP contribution in [0.25, 0.3) is 21.5 Å². The van der Waals surface area contributed by atoms with Crippen LogP contribution in [-0.4, -0.2) is 28.5 Å². The topological polar surface area (TPSA) is 58.9 Å². The summed E-state index contributed by atoms with van der Waals surface area (Å²) in [6, 6.07) is 22.8. The van der Waals surface area contributed by atoms with E-state index in [4.69, 9.17) is 9.31 Å². The Morgan fingerprint density at radius 1 is 0.688 bits per heavy atom. The van der Waals surface area contributed by atoms with Crippen LogP contribution >= 0.6 is 15.9 Å². The van der Waals surface area contributed by atoms with Gasteiger partial charge in [-0.15, -0.1) is 0 Å². The molecule has 4 aromatic rings. The molecule has 0 spiro atoms. The van der Waals surface area contributed by atoms with Gasteiger partial charge < -0.3 is 19.5 Å². The zero-order chi connectivity index (χ0) is 23.1. The highest BCUT2D eigenvalue weighted by atomic mass is 79.9. The number of phenols is 2. The van der Waals surface area contributed by atoms with Crippen LogP contribution in [0.15, 0.2) is 77.3 Å². The molecule has 1 aliphatic heterocycles. The van der Waals surface area contributed by atoms with Gasteiger partial charge in [0.05, 0.1) is 11.2 Å². The molecule has 0 amide bonds. The van der Waals surface area contributed by atoms with E-state index in [0.717, 1.165) is 31.5 Å². The lowest BCUT2D eigenvalue weighted by molar-refractivity contribution is 0.00578. The Balaban J connectivity index is 0.000000174. The van der Waals surface area contributed by atoms with Crippen molar-refractivity contribution < 1.29 is 19.5 Å². The molecule has 164 valence electrons. The number of phenolic OH excluding ortho intramolecular Hbond substituents is 2. The van der Waals surface area contributed by atoms with Crippen molar-refractivity contribution in [3.05, 3.63) is 77.3 Å². The second kappa shape index (κ2) is 8.43. The van der Waals surface area contributed by atoms with Crippen molar-refractivity contribution >= 4 is 50.1 Å². The third kappa shape index (κ3) is 4.35. The summed E-state index contributed by atoms with van der Waals surface area (Å²) in [5.41, 5.74) is 0.105. The molecule has 4 aromatic carbocycles. The summed E-state index contributed by atoms with van der Waals surface area (Å²) in [5.74, 6) is 0.522. The largest absolute Gasteiger partial charge is 0.508 e. The van der Waals surface area contributed by atoms with Gasteiger partial charge in [-0.1, -0.05) is 64.5 Å². The van der Waals surface area contributed by atoms with Gasteiger partial charge in [0.25, 0.3) is 0 Å². The number of aromatic hydroxyl groups is 2. The minimum absolute atomic E-state index is 0.230. The average Bonchev–Trinajstić information content (AvgIpc) is 2.94. The predicted octanol–water partition coefficient (Wildman–Crippen LogP) is 6.15. The van der Waals surface area contributed by atoms with Crippen molar-refractivity contribution in [1.29, 1.82) is 0 Å². The van der Waals surface area contributed by atoms with E-state index in [1.807, 2.05) is 76.2 Å². The zero-order valence-corrected chi connectivity index (χ0v) is 20.2. The molecule has 2 N–H and O–H groups in total. The SMILES string of the molecule is CC1(C)OB(c2cc(O)cc3ccccc23)OC1(C)C.Oc1cc(Br)c2ccccc2c1. The minimum atomic E-state index is -0.461. The van der Waals surface area contributed by atoms with Crippen molar-refractivity contribution in [1.82, 2.24) is 0 Å². The van der Waals surface area contributed by atoms with Crippen LogP contribution in [0.3, 0.4) is 0 Å². The third-order valence-corrected chi connectivity index (χ3v) is 6.84. The highest BCUT2D eigenvalue weighted by Crippen LogP contribution is 2.37. The van der Waals surface area contributed by atoms with Gasteiger partial charge in [0.1, 0.15) is 11.5 Å². The number of halogens is 1. The monoisotopic (exact) mass is 492 g/mol. The Morgan fingerprint density at radius 2 is 1.16 bits per heavy atom. The molecule has 0 unspecified atom stereocenters. The summed E-state index contributed by atoms with van der Waals surface area (Å²) in [7, 11) is -0.461. The Morgan fingerprint density at radius 3 is 1.75 bits per heavy atom. The van der Waals surface area contributed by atoms with Gasteiger partial charge in [-0.3, -0.25) is 0 Å². The molecule has 1 saturated heterocycles. The summed E-state index contributed by atoms with van der Waals surface area (Å²) < 4.78 is 13.1. The van der Waals surface area contributed by atoms with Crippen molar-refractivity contribution in [2.24, 2.45) is 0 Å². The maximum absolute atomic E-state index is 9.92. The molecular weight excluding hydrogens is 467 g/mol. The van der Waals surface area contributed by atoms with E-state index in [0.29, 0.717) is 5.75 Å². The number of fused-ring (bicyclic) bond motifs is 2. The Labute approximate surface area is 197 Å². The van der Waals surface area contributed by atoms with Crippen LogP contribution in [0.1, 0.15) is 27.7 Å². The second-order valence-corrected chi connectivity index (χ2v) is 9.85. The fraction of sp³-hybridized carbons (Fsp3) is 0.231. The maximum atomic E-state index is 9.92. The third-order valence-electron chi connectivity index (χ3n) is 6.18. The van der Waals surface area contributed by atoms with E-state index in [2.05, 4.69) is 15.9 Å². The molecule has 1 fully saturated rings. The Kier molecular flexibility index (Phi) is 5.97. The van der Waals surface area contributed by atoms with Crippen LogP contribution < -0.4 is 5.46 Å². The van der Waals surface area contributed by atoms with Crippen LogP contribution in [0, 0.1) is 0 Å². The van der Waals surface area contributed by atoms with Gasteiger partial charge in [0.15, 0.2) is 0 Å². The zero-order valence-electron chi connectivity index (χ0n) is 18.6. The van der Waals surface area contributed by atoms with Crippen LogP contribution in [0.2, 0.25) is 0 Å². The molecule has 0 aliphatic carbocycles. The predicted molar refractivity (Wildman–Crippen MR) is 135 cm³/mol. The molecular formula is C26H26BBrO4. The molecule has 1 heterocycles. The van der Waals surface area contributed by atoms with E-state index >= 15 is 0 Å². The standard InChI is InChI=1S/C16H19BO3.C10H7BrO/c1-15(2)16(3,4)20-17(19-15)14-10-12(18)9-11-7-5-6-8-13(11)14;11-10-6-8(12)5-7-3-1-2-4-9(7)10/h5-10,18H,1-4H3;1-6,12H. The van der Waals surface area contributed by atoms with Gasteiger partial charge >= 0.3 is 7.12 Å². The average molecular weight is 493 g/mol. The van der Waals surface area contributed by atoms with E-state index in [1.165, 1.54) is 0 Å². The highest BCUT2D eigenvalue weighted by molar-refractivity contribution is 9.10. The molecule has 6 heteroatoms. The summed E-state index contributed by atoms with van der Waals surface area (Å²) in [5, 5.41) is 23.4. The van der Waals surface area contributed by atoms with E-state index < -0.39 is 7.12 Å². The number of hydrogen-bond donors (Lipinski definition) is 2. The normalized spacial score (nSPS) is 16.7. The quantitative estimate of drug-likeness (QED) is 0.313. The van der Waals surface area contributed by atoms with Gasteiger partial charge in [-0.25, -0.2) is 0 Å². The van der Waals surface area contributed by atoms with Crippen LogP contribution in [0.4, 0.5) is 0 Å². The lowest BCUT2D eigenvalue weighted by Gasteiger charge is -2.32. The van der Waals surface area contributed by atoms with Crippen molar-refractivity contribution in [2.45, 2.75) is 38.9 Å². The van der Waals surface area contributed by atoms with E-state index in [-0.39, 0.29) is 17.0 Å². The molecule has 0 saturated carbocycles. The van der Waals surface area contributed by atoms with E-state index in [1.54, 1.807) is 24.3 Å². The lowest BCUT2D eigenvalue weighted by atomic mass is 9.76. The maximum Gasteiger partial charge on any atom is 0.495 e. The summed E-state index contributed by atoms with van der Waals surface area (Å²) in [6.45, 7) is 8.10. The van der Waals surface area contributed by atoms with Gasteiger partial charge in [-0.05, 0) is 79.0 Å². The number of hydrogen-bond acceptors (Lipinski definition) is 4. The van der Waals surface area contributed by atoms with Crippen LogP contribution in [-0.2, 0) is 9.31 Å². The Bertz CT molecular complexity index is 1270. The number of rotatable bonds is 1. The summed E-state index contributed by atoms with van der Waals surface area (Å²) >= 11 is 3.39. The minimum Gasteiger partial charge on any atom is -0.508 e. The molecule has 32 heavy (non-hydrogen) atoms. The van der Waals surface area contributed by atoms with Crippen molar-refractivity contribution in [2.75, 3.05) is 0 Å². The van der Waals surface area contributed by atoms with E-state index in [9.17, 15) is 10.2 Å². The summed E-state index contributed by atoms with van der Waals surface area (Å²) in [6.07, 6.45) is 0. The number of benzene rings is 4. The first-order chi connectivity index (χ1) is 15.1. The first-order valence-electron chi connectivity index (χ1n) is 10.5. The summed E-state index contributed by atoms with van der Waals surface area (Å²) in [4.78, 5) is 0. The first kappa shape index (κ1) is 22.7. The molecule has 1 aliphatic rings. The highest BCUT2D eigenvalue weighted by Gasteiger charge is 2.52. The smallest absolute Gasteiger partial charge is 0.495 e. The molecule has 4 nitrogen and oxygen atoms in total. The first-order valence-corrected chi connectivity index (χ1v) is 11.3. The van der Waals surface area contributed by atoms with Crippen molar-refractivity contribution in [3.8, 4) is 11.5 Å². The van der Waals surface area contributed by atoms with Gasteiger partial charge in [0.2, 0.25) is 0 Å². The van der Waals surface area contributed by atoms with Gasteiger partial charge in [-0.2, -0.15) is 0 Å². The van der Waals surface area contributed by atoms with Gasteiger partial charge in [0, 0.05) is 4.47 Å². The molecule has 0 radical (unpaired) electrons. The molecule has 0 atom stereocenters. The Hall–Kier alpha value is -2.54. The molecule has 0 aromatic heterocycles. The van der Waals surface area contributed by atoms with Crippen molar-refractivity contribution in [3.63, 3.8) is 0 Å². The fourth-order valence-electron chi connectivity index (χ4n) is 3.74. The lowest BCUT2D eigenvalue weighted by Crippen LogP contribution is -2.41. The fourth-order valence-corrected chi connectivity index (χ4v) is 4.33.